The molecule has 2 fully saturated rings. The number of benzene rings is 1. The Labute approximate surface area is 147 Å². The number of fused-ring (bicyclic) bond motifs is 2. The highest BCUT2D eigenvalue weighted by Gasteiger charge is 2.65. The fourth-order valence-electron chi connectivity index (χ4n) is 4.56. The number of rotatable bonds is 6. The Balaban J connectivity index is 1.87. The molecule has 2 N–H and O–H groups in total. The summed E-state index contributed by atoms with van der Waals surface area (Å²) in [5, 5.41) is 9.44. The molecule has 0 saturated heterocycles. The van der Waals surface area contributed by atoms with Gasteiger partial charge in [0, 0.05) is 11.8 Å². The first-order valence-electron chi connectivity index (χ1n) is 8.40. The largest absolute Gasteiger partial charge is 0.480 e. The first-order chi connectivity index (χ1) is 11.6. The molecule has 136 valence electrons. The molecule has 2 bridgehead atoms. The van der Waals surface area contributed by atoms with Gasteiger partial charge in [-0.25, -0.2) is 8.42 Å². The van der Waals surface area contributed by atoms with Crippen LogP contribution in [0.25, 0.3) is 0 Å². The third kappa shape index (κ3) is 2.89. The van der Waals surface area contributed by atoms with Crippen molar-refractivity contribution >= 4 is 21.8 Å². The zero-order valence-corrected chi connectivity index (χ0v) is 15.2. The summed E-state index contributed by atoms with van der Waals surface area (Å²) >= 11 is 0. The minimum absolute atomic E-state index is 0.00860. The van der Waals surface area contributed by atoms with E-state index in [4.69, 9.17) is 0 Å². The normalized spacial score (nSPS) is 28.9. The third-order valence-corrected chi connectivity index (χ3v) is 7.72. The van der Waals surface area contributed by atoms with Crippen LogP contribution in [0.15, 0.2) is 30.3 Å². The van der Waals surface area contributed by atoms with Crippen molar-refractivity contribution in [3.05, 3.63) is 35.9 Å². The number of sulfonamides is 1. The predicted octanol–water partition coefficient (Wildman–Crippen LogP) is 2.13. The van der Waals surface area contributed by atoms with Crippen molar-refractivity contribution < 1.29 is 23.1 Å². The van der Waals surface area contributed by atoms with Crippen molar-refractivity contribution in [1.82, 2.24) is 4.72 Å². The van der Waals surface area contributed by atoms with E-state index in [2.05, 4.69) is 4.72 Å². The molecule has 25 heavy (non-hydrogen) atoms. The van der Waals surface area contributed by atoms with Crippen molar-refractivity contribution in [3.63, 3.8) is 0 Å². The number of carbonyl (C=O) groups is 2. The van der Waals surface area contributed by atoms with Crippen LogP contribution in [0.1, 0.15) is 44.7 Å². The van der Waals surface area contributed by atoms with Crippen molar-refractivity contribution in [2.45, 2.75) is 39.2 Å². The Bertz CT molecular complexity index is 802. The average Bonchev–Trinajstić information content (AvgIpc) is 2.87. The quantitative estimate of drug-likeness (QED) is 0.804. The van der Waals surface area contributed by atoms with Crippen molar-refractivity contribution in [3.8, 4) is 0 Å². The topological polar surface area (TPSA) is 101 Å². The number of hydrogen-bond donors (Lipinski definition) is 2. The van der Waals surface area contributed by atoms with Crippen molar-refractivity contribution in [2.24, 2.45) is 16.7 Å². The van der Waals surface area contributed by atoms with Gasteiger partial charge in [-0.1, -0.05) is 44.2 Å². The smallest absolute Gasteiger partial charge is 0.326 e. The maximum absolute atomic E-state index is 12.8. The molecule has 2 aliphatic carbocycles. The second-order valence-electron chi connectivity index (χ2n) is 7.73. The van der Waals surface area contributed by atoms with Gasteiger partial charge in [0.2, 0.25) is 10.0 Å². The molecule has 0 spiro atoms. The summed E-state index contributed by atoms with van der Waals surface area (Å²) in [5.41, 5.74) is -0.939. The van der Waals surface area contributed by atoms with Crippen molar-refractivity contribution in [2.75, 3.05) is 5.75 Å². The number of aliphatic carboxylic acids is 1. The highest BCUT2D eigenvalue weighted by molar-refractivity contribution is 7.89. The van der Waals surface area contributed by atoms with Crippen molar-refractivity contribution in [1.29, 1.82) is 0 Å². The molecule has 0 unspecified atom stereocenters. The Morgan fingerprint density at radius 2 is 1.96 bits per heavy atom. The number of hydrogen-bond acceptors (Lipinski definition) is 4. The predicted molar refractivity (Wildman–Crippen MR) is 92.3 cm³/mol. The maximum atomic E-state index is 12.8. The van der Waals surface area contributed by atoms with E-state index in [1.807, 2.05) is 13.8 Å². The van der Waals surface area contributed by atoms with Crippen LogP contribution in [0.4, 0.5) is 0 Å². The summed E-state index contributed by atoms with van der Waals surface area (Å²) in [4.78, 5) is 24.1. The van der Waals surface area contributed by atoms with Gasteiger partial charge >= 0.3 is 5.97 Å². The molecule has 2 saturated carbocycles. The Kier molecular flexibility index (Phi) is 4.28. The van der Waals surface area contributed by atoms with Gasteiger partial charge in [-0.15, -0.1) is 0 Å². The minimum atomic E-state index is -3.96. The second-order valence-corrected chi connectivity index (χ2v) is 9.48. The van der Waals surface area contributed by atoms with Crippen LogP contribution in [-0.4, -0.2) is 31.0 Å². The molecule has 3 atom stereocenters. The van der Waals surface area contributed by atoms with Crippen LogP contribution in [-0.2, 0) is 19.6 Å². The molecule has 0 aliphatic heterocycles. The van der Waals surface area contributed by atoms with Crippen LogP contribution in [0, 0.1) is 16.7 Å². The van der Waals surface area contributed by atoms with Gasteiger partial charge in [0.15, 0.2) is 0 Å². The summed E-state index contributed by atoms with van der Waals surface area (Å²) in [6.07, 6.45) is 1.81. The first-order valence-corrected chi connectivity index (χ1v) is 10.1. The number of nitrogens with one attached hydrogen (secondary N) is 1. The lowest BCUT2D eigenvalue weighted by atomic mass is 9.70. The van der Waals surface area contributed by atoms with E-state index in [9.17, 15) is 23.1 Å². The van der Waals surface area contributed by atoms with E-state index in [1.165, 1.54) is 0 Å². The molecular formula is C18H23NO5S. The lowest BCUT2D eigenvalue weighted by Crippen LogP contribution is -2.46. The second kappa shape index (κ2) is 5.92. The molecule has 2 aliphatic rings. The van der Waals surface area contributed by atoms with E-state index in [0.29, 0.717) is 18.4 Å². The van der Waals surface area contributed by atoms with E-state index in [1.54, 1.807) is 30.3 Å². The van der Waals surface area contributed by atoms with E-state index >= 15 is 0 Å². The third-order valence-electron chi connectivity index (χ3n) is 6.25. The molecule has 0 aromatic heterocycles. The fraction of sp³-hybridized carbons (Fsp3) is 0.556. The van der Waals surface area contributed by atoms with Gasteiger partial charge in [-0.3, -0.25) is 9.59 Å². The van der Waals surface area contributed by atoms with Gasteiger partial charge in [-0.05, 0) is 29.7 Å². The van der Waals surface area contributed by atoms with Crippen LogP contribution in [0.5, 0.6) is 0 Å². The Morgan fingerprint density at radius 3 is 2.44 bits per heavy atom. The molecule has 0 heterocycles. The monoisotopic (exact) mass is 365 g/mol. The molecule has 0 amide bonds. The molecule has 7 heteroatoms. The number of Topliss-reactive ketones (excluding diaryl/α,β-unsaturated/α-hetero) is 1. The zero-order valence-electron chi connectivity index (χ0n) is 14.4. The highest BCUT2D eigenvalue weighted by Crippen LogP contribution is 2.64. The standard InChI is InChI=1S/C18H23NO5S/c1-17(2)13-8-9-18(17,14(20)10-13)11-25(23,24)19-15(16(21)22)12-6-4-3-5-7-12/h3-7,13,15,19H,8-11H2,1-2H3,(H,21,22)/t13-,15-,18+/m0/s1. The van der Waals surface area contributed by atoms with Crippen LogP contribution in [0.3, 0.4) is 0 Å². The van der Waals surface area contributed by atoms with Crippen LogP contribution in [0.2, 0.25) is 0 Å². The van der Waals surface area contributed by atoms with E-state index < -0.39 is 27.4 Å². The molecule has 1 aromatic carbocycles. The summed E-state index contributed by atoms with van der Waals surface area (Å²) in [7, 11) is -3.96. The first kappa shape index (κ1) is 18.1. The van der Waals surface area contributed by atoms with E-state index in [-0.39, 0.29) is 22.9 Å². The maximum Gasteiger partial charge on any atom is 0.326 e. The summed E-state index contributed by atoms with van der Waals surface area (Å²) in [6.45, 7) is 3.91. The van der Waals surface area contributed by atoms with Gasteiger partial charge in [0.05, 0.1) is 5.75 Å². The summed E-state index contributed by atoms with van der Waals surface area (Å²) in [6, 6.07) is 6.81. The van der Waals surface area contributed by atoms with Gasteiger partial charge in [0.1, 0.15) is 11.8 Å². The van der Waals surface area contributed by atoms with E-state index in [0.717, 1.165) is 6.42 Å². The number of ketones is 1. The number of carbonyl (C=O) groups excluding carboxylic acids is 1. The lowest BCUT2D eigenvalue weighted by Gasteiger charge is -2.36. The summed E-state index contributed by atoms with van der Waals surface area (Å²) in [5.74, 6) is -1.42. The lowest BCUT2D eigenvalue weighted by molar-refractivity contribution is -0.139. The summed E-state index contributed by atoms with van der Waals surface area (Å²) < 4.78 is 27.8. The number of carboxylic acid groups (broad SMARTS) is 1. The SMILES string of the molecule is CC1(C)[C@H]2CC[C@@]1(CS(=O)(=O)N[C@H](C(=O)O)c1ccccc1)C(=O)C2. The molecule has 0 radical (unpaired) electrons. The molecule has 1 aromatic rings. The van der Waals surface area contributed by atoms with Gasteiger partial charge in [0.25, 0.3) is 0 Å². The van der Waals surface area contributed by atoms with Gasteiger partial charge < -0.3 is 5.11 Å². The molecule has 6 nitrogen and oxygen atoms in total. The van der Waals surface area contributed by atoms with Crippen LogP contribution < -0.4 is 4.72 Å². The fourth-order valence-corrected chi connectivity index (χ4v) is 6.57. The Morgan fingerprint density at radius 1 is 1.32 bits per heavy atom. The zero-order chi connectivity index (χ0) is 18.5. The minimum Gasteiger partial charge on any atom is -0.480 e. The number of carboxylic acids is 1. The van der Waals surface area contributed by atoms with Crippen LogP contribution >= 0.6 is 0 Å². The van der Waals surface area contributed by atoms with Gasteiger partial charge in [-0.2, -0.15) is 4.72 Å². The highest BCUT2D eigenvalue weighted by atomic mass is 32.2. The Hall–Kier alpha value is -1.73. The molecule has 3 rings (SSSR count). The average molecular weight is 365 g/mol. The molecular weight excluding hydrogens is 342 g/mol.